The molecule has 0 aliphatic carbocycles. The Kier molecular flexibility index (Phi) is 5.91. The zero-order chi connectivity index (χ0) is 15.5. The van der Waals surface area contributed by atoms with Crippen LogP contribution in [0.15, 0.2) is 18.2 Å². The Hall–Kier alpha value is -0.330. The van der Waals surface area contributed by atoms with E-state index in [2.05, 4.69) is 4.72 Å². The number of nitrogens with one attached hydrogen (secondary N) is 1. The lowest BCUT2D eigenvalue weighted by atomic mass is 10.1. The number of nitrogens with zero attached hydrogens (tertiary/aromatic N) is 1. The number of halogens is 2. The Bertz CT molecular complexity index is 585. The minimum atomic E-state index is -3.49. The molecule has 0 aromatic heterocycles. The molecule has 0 spiro atoms. The van der Waals surface area contributed by atoms with Gasteiger partial charge in [0.05, 0.1) is 0 Å². The fraction of sp³-hybridized carbons (Fsp3) is 0.571. The molecular weight excluding hydrogens is 331 g/mol. The molecule has 0 bridgehead atoms. The first-order valence-electron chi connectivity index (χ1n) is 7.12. The lowest BCUT2D eigenvalue weighted by Gasteiger charge is -2.23. The molecule has 118 valence electrons. The van der Waals surface area contributed by atoms with Crippen molar-refractivity contribution in [2.75, 3.05) is 13.1 Å². The Balaban J connectivity index is 2.11. The van der Waals surface area contributed by atoms with E-state index in [0.717, 1.165) is 31.2 Å². The van der Waals surface area contributed by atoms with E-state index < -0.39 is 16.3 Å². The van der Waals surface area contributed by atoms with E-state index in [0.29, 0.717) is 23.1 Å². The van der Waals surface area contributed by atoms with E-state index in [9.17, 15) is 8.42 Å². The minimum absolute atomic E-state index is 0.400. The van der Waals surface area contributed by atoms with Gasteiger partial charge in [-0.25, -0.2) is 0 Å². The molecule has 2 rings (SSSR count). The molecule has 1 atom stereocenters. The van der Waals surface area contributed by atoms with Crippen LogP contribution in [0.25, 0.3) is 0 Å². The largest absolute Gasteiger partial charge is 0.279 e. The van der Waals surface area contributed by atoms with E-state index in [1.807, 2.05) is 0 Å². The molecule has 1 aromatic rings. The van der Waals surface area contributed by atoms with Crippen LogP contribution in [0.3, 0.4) is 0 Å². The minimum Gasteiger partial charge on any atom is -0.195 e. The van der Waals surface area contributed by atoms with Gasteiger partial charge in [0.2, 0.25) is 0 Å². The molecule has 4 nitrogen and oxygen atoms in total. The third kappa shape index (κ3) is 4.57. The maximum absolute atomic E-state index is 12.4. The standard InChI is InChI=1S/C14H20Cl2N2O2S/c1-11(13-7-6-12(15)10-14(13)16)17-21(19,20)18-8-4-2-3-5-9-18/h6-7,10-11,17H,2-5,8-9H2,1H3. The van der Waals surface area contributed by atoms with Gasteiger partial charge in [-0.2, -0.15) is 17.4 Å². The number of hydrogen-bond donors (Lipinski definition) is 1. The molecule has 1 heterocycles. The van der Waals surface area contributed by atoms with Crippen molar-refractivity contribution in [3.8, 4) is 0 Å². The van der Waals surface area contributed by atoms with Gasteiger partial charge in [0.15, 0.2) is 0 Å². The van der Waals surface area contributed by atoms with Crippen molar-refractivity contribution in [1.82, 2.24) is 9.03 Å². The summed E-state index contributed by atoms with van der Waals surface area (Å²) in [6.45, 7) is 2.94. The Morgan fingerprint density at radius 1 is 1.14 bits per heavy atom. The van der Waals surface area contributed by atoms with Crippen LogP contribution in [0.1, 0.15) is 44.2 Å². The van der Waals surface area contributed by atoms with Crippen LogP contribution < -0.4 is 4.72 Å². The van der Waals surface area contributed by atoms with Gasteiger partial charge in [-0.15, -0.1) is 0 Å². The molecule has 1 saturated heterocycles. The average molecular weight is 351 g/mol. The fourth-order valence-corrected chi connectivity index (χ4v) is 4.53. The molecule has 0 saturated carbocycles. The first-order chi connectivity index (χ1) is 9.90. The summed E-state index contributed by atoms with van der Waals surface area (Å²) in [5.41, 5.74) is 0.722. The molecule has 1 unspecified atom stereocenters. The summed E-state index contributed by atoms with van der Waals surface area (Å²) in [7, 11) is -3.49. The van der Waals surface area contributed by atoms with Crippen LogP contribution in [-0.2, 0) is 10.2 Å². The SMILES string of the molecule is CC(NS(=O)(=O)N1CCCCCC1)c1ccc(Cl)cc1Cl. The first-order valence-corrected chi connectivity index (χ1v) is 9.32. The van der Waals surface area contributed by atoms with Gasteiger partial charge in [-0.1, -0.05) is 42.1 Å². The lowest BCUT2D eigenvalue weighted by Crippen LogP contribution is -2.42. The van der Waals surface area contributed by atoms with E-state index in [4.69, 9.17) is 23.2 Å². The number of hydrogen-bond acceptors (Lipinski definition) is 2. The molecule has 1 N–H and O–H groups in total. The molecule has 0 amide bonds. The second kappa shape index (κ2) is 7.29. The van der Waals surface area contributed by atoms with Gasteiger partial charge in [-0.05, 0) is 37.5 Å². The van der Waals surface area contributed by atoms with Gasteiger partial charge < -0.3 is 0 Å². The van der Waals surface area contributed by atoms with Crippen molar-refractivity contribution in [2.24, 2.45) is 0 Å². The summed E-state index contributed by atoms with van der Waals surface area (Å²) in [4.78, 5) is 0. The summed E-state index contributed by atoms with van der Waals surface area (Å²) in [6, 6.07) is 4.68. The van der Waals surface area contributed by atoms with Crippen LogP contribution in [0.4, 0.5) is 0 Å². The highest BCUT2D eigenvalue weighted by Gasteiger charge is 2.25. The van der Waals surface area contributed by atoms with Crippen LogP contribution in [0, 0.1) is 0 Å². The lowest BCUT2D eigenvalue weighted by molar-refractivity contribution is 0.410. The zero-order valence-corrected chi connectivity index (χ0v) is 14.3. The smallest absolute Gasteiger partial charge is 0.195 e. The quantitative estimate of drug-likeness (QED) is 0.898. The highest BCUT2D eigenvalue weighted by Crippen LogP contribution is 2.27. The summed E-state index contributed by atoms with van der Waals surface area (Å²) in [5, 5.41) is 1.000. The highest BCUT2D eigenvalue weighted by molar-refractivity contribution is 7.87. The first kappa shape index (κ1) is 17.0. The van der Waals surface area contributed by atoms with Crippen molar-refractivity contribution >= 4 is 33.4 Å². The second-order valence-corrected chi connectivity index (χ2v) is 7.87. The van der Waals surface area contributed by atoms with E-state index in [1.54, 1.807) is 25.1 Å². The monoisotopic (exact) mass is 350 g/mol. The van der Waals surface area contributed by atoms with Crippen molar-refractivity contribution in [2.45, 2.75) is 38.6 Å². The van der Waals surface area contributed by atoms with E-state index in [-0.39, 0.29) is 0 Å². The van der Waals surface area contributed by atoms with Crippen LogP contribution in [-0.4, -0.2) is 25.8 Å². The predicted octanol–water partition coefficient (Wildman–Crippen LogP) is 3.76. The van der Waals surface area contributed by atoms with Crippen LogP contribution in [0.5, 0.6) is 0 Å². The summed E-state index contributed by atoms with van der Waals surface area (Å²) >= 11 is 12.0. The van der Waals surface area contributed by atoms with Crippen LogP contribution in [0.2, 0.25) is 10.0 Å². The van der Waals surface area contributed by atoms with E-state index >= 15 is 0 Å². The Morgan fingerprint density at radius 3 is 2.33 bits per heavy atom. The third-order valence-corrected chi connectivity index (χ3v) is 5.92. The maximum atomic E-state index is 12.4. The molecule has 0 radical (unpaired) electrons. The summed E-state index contributed by atoms with van der Waals surface area (Å²) in [6.07, 6.45) is 4.00. The van der Waals surface area contributed by atoms with Gasteiger partial charge >= 0.3 is 0 Å². The molecule has 1 aromatic carbocycles. The molecule has 1 aliphatic rings. The topological polar surface area (TPSA) is 49.4 Å². The molecule has 21 heavy (non-hydrogen) atoms. The maximum Gasteiger partial charge on any atom is 0.279 e. The fourth-order valence-electron chi connectivity index (χ4n) is 2.50. The molecule has 1 aliphatic heterocycles. The summed E-state index contributed by atoms with van der Waals surface area (Å²) in [5.74, 6) is 0. The molecule has 7 heteroatoms. The molecular formula is C14H20Cl2N2O2S. The van der Waals surface area contributed by atoms with Crippen molar-refractivity contribution in [3.05, 3.63) is 33.8 Å². The summed E-state index contributed by atoms with van der Waals surface area (Å²) < 4.78 is 29.1. The Morgan fingerprint density at radius 2 is 1.76 bits per heavy atom. The van der Waals surface area contributed by atoms with Gasteiger partial charge in [0.1, 0.15) is 0 Å². The van der Waals surface area contributed by atoms with Crippen LogP contribution >= 0.6 is 23.2 Å². The van der Waals surface area contributed by atoms with Crippen molar-refractivity contribution in [1.29, 1.82) is 0 Å². The third-order valence-electron chi connectivity index (χ3n) is 3.66. The van der Waals surface area contributed by atoms with E-state index in [1.165, 1.54) is 4.31 Å². The zero-order valence-electron chi connectivity index (χ0n) is 12.0. The molecule has 1 fully saturated rings. The Labute approximate surface area is 136 Å². The normalized spacial score (nSPS) is 19.2. The van der Waals surface area contributed by atoms with Crippen molar-refractivity contribution in [3.63, 3.8) is 0 Å². The average Bonchev–Trinajstić information content (AvgIpc) is 2.67. The van der Waals surface area contributed by atoms with Gasteiger partial charge in [0, 0.05) is 29.2 Å². The number of rotatable bonds is 4. The van der Waals surface area contributed by atoms with Gasteiger partial charge in [-0.3, -0.25) is 0 Å². The predicted molar refractivity (Wildman–Crippen MR) is 87.0 cm³/mol. The van der Waals surface area contributed by atoms with Crippen molar-refractivity contribution < 1.29 is 8.42 Å². The van der Waals surface area contributed by atoms with Gasteiger partial charge in [0.25, 0.3) is 10.2 Å². The highest BCUT2D eigenvalue weighted by atomic mass is 35.5. The number of benzene rings is 1. The second-order valence-electron chi connectivity index (χ2n) is 5.32.